The third-order valence-corrected chi connectivity index (χ3v) is 2.58. The number of carbonyl (C=O) groups excluding carboxylic acids is 1. The molecule has 2 N–H and O–H groups in total. The van der Waals surface area contributed by atoms with Gasteiger partial charge in [-0.15, -0.1) is 0 Å². The number of oxazole rings is 1. The molecule has 0 atom stereocenters. The summed E-state index contributed by atoms with van der Waals surface area (Å²) in [5.74, 6) is -0.0632. The molecule has 2 aromatic rings. The number of fused-ring (bicyclic) bond motifs is 1. The minimum Gasteiger partial charge on any atom is -0.424 e. The van der Waals surface area contributed by atoms with E-state index in [0.29, 0.717) is 30.6 Å². The van der Waals surface area contributed by atoms with Crippen LogP contribution in [0.2, 0.25) is 0 Å². The average Bonchev–Trinajstić information content (AvgIpc) is 2.80. The fraction of sp³-hybridized carbons (Fsp3) is 0.333. The highest BCUT2D eigenvalue weighted by Gasteiger charge is 2.11. The third-order valence-electron chi connectivity index (χ3n) is 2.58. The van der Waals surface area contributed by atoms with Gasteiger partial charge in [-0.25, -0.2) is 0 Å². The van der Waals surface area contributed by atoms with Crippen molar-refractivity contribution in [3.8, 4) is 0 Å². The number of nitro benzene ring substituents is 1. The van der Waals surface area contributed by atoms with Gasteiger partial charge < -0.3 is 15.1 Å². The molecule has 1 aromatic heterocycles. The van der Waals surface area contributed by atoms with Crippen molar-refractivity contribution in [2.75, 3.05) is 18.4 Å². The molecule has 1 aromatic carbocycles. The van der Waals surface area contributed by atoms with E-state index in [1.54, 1.807) is 0 Å². The van der Waals surface area contributed by atoms with E-state index < -0.39 is 4.92 Å². The zero-order valence-electron chi connectivity index (χ0n) is 10.9. The number of nitro groups is 1. The predicted molar refractivity (Wildman–Crippen MR) is 72.5 cm³/mol. The first-order valence-electron chi connectivity index (χ1n) is 6.15. The van der Waals surface area contributed by atoms with E-state index in [0.717, 1.165) is 0 Å². The van der Waals surface area contributed by atoms with Gasteiger partial charge in [-0.1, -0.05) is 0 Å². The summed E-state index contributed by atoms with van der Waals surface area (Å²) in [5.41, 5.74) is 0.815. The van der Waals surface area contributed by atoms with Crippen molar-refractivity contribution in [2.24, 2.45) is 0 Å². The maximum absolute atomic E-state index is 11.2. The summed E-state index contributed by atoms with van der Waals surface area (Å²) in [6, 6.07) is 4.43. The molecule has 106 valence electrons. The Hall–Kier alpha value is -2.64. The number of non-ortho nitro benzene ring substituents is 1. The molecule has 0 fully saturated rings. The van der Waals surface area contributed by atoms with Crippen LogP contribution in [0.1, 0.15) is 13.3 Å². The number of hydrogen-bond donors (Lipinski definition) is 2. The molecule has 0 spiro atoms. The minimum atomic E-state index is -0.490. The van der Waals surface area contributed by atoms with Crippen molar-refractivity contribution in [3.05, 3.63) is 28.3 Å². The number of benzene rings is 1. The van der Waals surface area contributed by atoms with Crippen molar-refractivity contribution in [1.82, 2.24) is 10.3 Å². The Labute approximate surface area is 114 Å². The van der Waals surface area contributed by atoms with Gasteiger partial charge in [0.2, 0.25) is 5.91 Å². The van der Waals surface area contributed by atoms with Gasteiger partial charge in [-0.3, -0.25) is 14.9 Å². The Bertz CT molecular complexity index is 637. The molecular weight excluding hydrogens is 264 g/mol. The summed E-state index contributed by atoms with van der Waals surface area (Å²) in [6.07, 6.45) is 0.298. The Balaban J connectivity index is 2.01. The second-order valence-electron chi connectivity index (χ2n) is 4.06. The quantitative estimate of drug-likeness (QED) is 0.614. The molecule has 0 saturated carbocycles. The molecule has 0 bridgehead atoms. The number of amides is 1. The van der Waals surface area contributed by atoms with Crippen LogP contribution >= 0.6 is 0 Å². The topological polar surface area (TPSA) is 110 Å². The summed E-state index contributed by atoms with van der Waals surface area (Å²) in [5, 5.41) is 16.2. The van der Waals surface area contributed by atoms with Crippen molar-refractivity contribution in [2.45, 2.75) is 13.3 Å². The minimum absolute atomic E-state index is 0.0420. The number of rotatable bonds is 6. The Kier molecular flexibility index (Phi) is 4.14. The molecule has 0 unspecified atom stereocenters. The van der Waals surface area contributed by atoms with E-state index in [4.69, 9.17) is 4.42 Å². The largest absolute Gasteiger partial charge is 0.424 e. The van der Waals surface area contributed by atoms with Crippen LogP contribution in [-0.2, 0) is 4.79 Å². The van der Waals surface area contributed by atoms with Crippen molar-refractivity contribution < 1.29 is 14.1 Å². The van der Waals surface area contributed by atoms with E-state index in [9.17, 15) is 14.9 Å². The van der Waals surface area contributed by atoms with E-state index >= 15 is 0 Å². The number of nitrogens with zero attached hydrogens (tertiary/aromatic N) is 2. The molecule has 1 amide bonds. The van der Waals surface area contributed by atoms with E-state index in [2.05, 4.69) is 15.6 Å². The first-order chi connectivity index (χ1) is 9.60. The van der Waals surface area contributed by atoms with Gasteiger partial charge in [0.15, 0.2) is 5.58 Å². The van der Waals surface area contributed by atoms with Crippen LogP contribution in [0.25, 0.3) is 11.1 Å². The lowest BCUT2D eigenvalue weighted by Gasteiger charge is -2.01. The Morgan fingerprint density at radius 3 is 3.00 bits per heavy atom. The summed E-state index contributed by atoms with van der Waals surface area (Å²) in [6.45, 7) is 2.81. The first-order valence-corrected chi connectivity index (χ1v) is 6.15. The Morgan fingerprint density at radius 2 is 2.30 bits per heavy atom. The molecule has 0 radical (unpaired) electrons. The molecule has 0 aliphatic heterocycles. The lowest BCUT2D eigenvalue weighted by atomic mass is 10.3. The summed E-state index contributed by atoms with van der Waals surface area (Å²) < 4.78 is 5.37. The first kappa shape index (κ1) is 13.8. The van der Waals surface area contributed by atoms with Crippen LogP contribution < -0.4 is 10.6 Å². The van der Waals surface area contributed by atoms with Crippen LogP contribution in [0.5, 0.6) is 0 Å². The van der Waals surface area contributed by atoms with Gasteiger partial charge in [0.05, 0.1) is 4.92 Å². The monoisotopic (exact) mass is 278 g/mol. The molecule has 8 nitrogen and oxygen atoms in total. The number of anilines is 1. The van der Waals surface area contributed by atoms with Crippen LogP contribution in [0.4, 0.5) is 11.7 Å². The second-order valence-corrected chi connectivity index (χ2v) is 4.06. The zero-order valence-corrected chi connectivity index (χ0v) is 10.9. The fourth-order valence-electron chi connectivity index (χ4n) is 1.67. The van der Waals surface area contributed by atoms with Crippen LogP contribution in [0, 0.1) is 10.1 Å². The van der Waals surface area contributed by atoms with Gasteiger partial charge in [-0.05, 0) is 13.0 Å². The SMILES string of the molecule is CCNC(=O)CCNc1nc2cc([N+](=O)[O-])ccc2o1. The molecule has 0 aliphatic rings. The van der Waals surface area contributed by atoms with E-state index in [1.807, 2.05) is 6.92 Å². The van der Waals surface area contributed by atoms with Crippen LogP contribution in [0.15, 0.2) is 22.6 Å². The number of carbonyl (C=O) groups is 1. The van der Waals surface area contributed by atoms with Crippen LogP contribution in [-0.4, -0.2) is 28.9 Å². The summed E-state index contributed by atoms with van der Waals surface area (Å²) in [7, 11) is 0. The van der Waals surface area contributed by atoms with E-state index in [1.165, 1.54) is 18.2 Å². The molecule has 20 heavy (non-hydrogen) atoms. The predicted octanol–water partition coefficient (Wildman–Crippen LogP) is 1.67. The summed E-state index contributed by atoms with van der Waals surface area (Å²) in [4.78, 5) is 25.5. The normalized spacial score (nSPS) is 10.4. The number of nitrogens with one attached hydrogen (secondary N) is 2. The second kappa shape index (κ2) is 6.00. The van der Waals surface area contributed by atoms with Crippen LogP contribution in [0.3, 0.4) is 0 Å². The Morgan fingerprint density at radius 1 is 1.50 bits per heavy atom. The fourth-order valence-corrected chi connectivity index (χ4v) is 1.67. The van der Waals surface area contributed by atoms with Gasteiger partial charge in [0, 0.05) is 31.6 Å². The average molecular weight is 278 g/mol. The summed E-state index contributed by atoms with van der Waals surface area (Å²) >= 11 is 0. The van der Waals surface area contributed by atoms with Crippen molar-refractivity contribution in [3.63, 3.8) is 0 Å². The zero-order chi connectivity index (χ0) is 14.5. The lowest BCUT2D eigenvalue weighted by Crippen LogP contribution is -2.24. The highest BCUT2D eigenvalue weighted by molar-refractivity contribution is 5.78. The standard InChI is InChI=1S/C12H14N4O4/c1-2-13-11(17)5-6-14-12-15-9-7-8(16(18)19)3-4-10(9)20-12/h3-4,7H,2,5-6H2,1H3,(H,13,17)(H,14,15). The smallest absolute Gasteiger partial charge is 0.295 e. The maximum Gasteiger partial charge on any atom is 0.295 e. The van der Waals surface area contributed by atoms with Crippen molar-refractivity contribution in [1.29, 1.82) is 0 Å². The molecule has 2 rings (SSSR count). The molecule has 0 saturated heterocycles. The van der Waals surface area contributed by atoms with Gasteiger partial charge in [0.25, 0.3) is 11.7 Å². The van der Waals surface area contributed by atoms with Gasteiger partial charge >= 0.3 is 0 Å². The third kappa shape index (κ3) is 3.22. The van der Waals surface area contributed by atoms with E-state index in [-0.39, 0.29) is 17.6 Å². The lowest BCUT2D eigenvalue weighted by molar-refractivity contribution is -0.384. The van der Waals surface area contributed by atoms with Gasteiger partial charge in [0.1, 0.15) is 5.52 Å². The van der Waals surface area contributed by atoms with Gasteiger partial charge in [-0.2, -0.15) is 4.98 Å². The van der Waals surface area contributed by atoms with Crippen molar-refractivity contribution >= 4 is 28.7 Å². The molecule has 0 aliphatic carbocycles. The molecular formula is C12H14N4O4. The number of hydrogen-bond acceptors (Lipinski definition) is 6. The number of aromatic nitrogens is 1. The molecule has 1 heterocycles. The highest BCUT2D eigenvalue weighted by Crippen LogP contribution is 2.23. The maximum atomic E-state index is 11.2. The molecule has 8 heteroatoms. The highest BCUT2D eigenvalue weighted by atomic mass is 16.6.